The fraction of sp³-hybridized carbons (Fsp3) is 1.00. The van der Waals surface area contributed by atoms with Crippen molar-refractivity contribution in [1.82, 2.24) is 0 Å². The van der Waals surface area contributed by atoms with Gasteiger partial charge in [0.2, 0.25) is 0 Å². The lowest BCUT2D eigenvalue weighted by atomic mass is 10.0. The molecule has 15 heavy (non-hydrogen) atoms. The van der Waals surface area contributed by atoms with E-state index in [0.717, 1.165) is 12.8 Å². The maximum atomic E-state index is 9.56. The van der Waals surface area contributed by atoms with Crippen molar-refractivity contribution < 1.29 is 24.8 Å². The number of rotatable bonds is 4. The second kappa shape index (κ2) is 5.77. The Morgan fingerprint density at radius 1 is 1.13 bits per heavy atom. The third-order valence-electron chi connectivity index (χ3n) is 2.59. The molecule has 1 aliphatic heterocycles. The molecule has 0 radical (unpaired) electrons. The molecule has 0 amide bonds. The lowest BCUT2D eigenvalue weighted by Crippen LogP contribution is -2.57. The summed E-state index contributed by atoms with van der Waals surface area (Å²) in [5, 5.41) is 28.5. The van der Waals surface area contributed by atoms with Crippen LogP contribution in [0.3, 0.4) is 0 Å². The van der Waals surface area contributed by atoms with Gasteiger partial charge in [0.1, 0.15) is 18.3 Å². The first kappa shape index (κ1) is 12.9. The molecule has 0 spiro atoms. The average molecular weight is 220 g/mol. The van der Waals surface area contributed by atoms with Gasteiger partial charge >= 0.3 is 0 Å². The highest BCUT2D eigenvalue weighted by molar-refractivity contribution is 4.87. The molecule has 5 atom stereocenters. The molecule has 1 fully saturated rings. The van der Waals surface area contributed by atoms with E-state index in [-0.39, 0.29) is 0 Å². The first-order valence-electron chi connectivity index (χ1n) is 5.39. The van der Waals surface area contributed by atoms with Crippen LogP contribution < -0.4 is 0 Å². The van der Waals surface area contributed by atoms with Crippen LogP contribution in [0.4, 0.5) is 0 Å². The van der Waals surface area contributed by atoms with Gasteiger partial charge in [0.05, 0.1) is 6.10 Å². The molecule has 1 rings (SSSR count). The fourth-order valence-corrected chi connectivity index (χ4v) is 1.49. The van der Waals surface area contributed by atoms with Crippen molar-refractivity contribution in [3.63, 3.8) is 0 Å². The van der Waals surface area contributed by atoms with Gasteiger partial charge in [0.15, 0.2) is 6.29 Å². The van der Waals surface area contributed by atoms with E-state index >= 15 is 0 Å². The zero-order valence-electron chi connectivity index (χ0n) is 9.17. The maximum Gasteiger partial charge on any atom is 0.186 e. The zero-order valence-corrected chi connectivity index (χ0v) is 9.17. The minimum absolute atomic E-state index is 0.480. The Labute approximate surface area is 89.6 Å². The highest BCUT2D eigenvalue weighted by atomic mass is 16.7. The van der Waals surface area contributed by atoms with Gasteiger partial charge in [-0.1, -0.05) is 13.3 Å². The molecule has 90 valence electrons. The van der Waals surface area contributed by atoms with Gasteiger partial charge in [-0.2, -0.15) is 0 Å². The van der Waals surface area contributed by atoms with Crippen LogP contribution in [0.15, 0.2) is 0 Å². The highest BCUT2D eigenvalue weighted by Gasteiger charge is 2.42. The quantitative estimate of drug-likeness (QED) is 0.563. The van der Waals surface area contributed by atoms with E-state index in [4.69, 9.17) is 9.47 Å². The predicted molar refractivity (Wildman–Crippen MR) is 53.2 cm³/mol. The van der Waals surface area contributed by atoms with Crippen molar-refractivity contribution >= 4 is 0 Å². The van der Waals surface area contributed by atoms with Gasteiger partial charge in [0.25, 0.3) is 0 Å². The van der Waals surface area contributed by atoms with Gasteiger partial charge in [-0.3, -0.25) is 0 Å². The van der Waals surface area contributed by atoms with Crippen LogP contribution in [0.1, 0.15) is 26.7 Å². The summed E-state index contributed by atoms with van der Waals surface area (Å²) in [6.07, 6.45) is -2.97. The number of aliphatic hydroxyl groups is 3. The maximum absolute atomic E-state index is 9.56. The second-order valence-electron chi connectivity index (χ2n) is 3.91. The first-order chi connectivity index (χ1) is 7.07. The van der Waals surface area contributed by atoms with Crippen molar-refractivity contribution in [2.45, 2.75) is 57.4 Å². The Morgan fingerprint density at radius 2 is 1.80 bits per heavy atom. The minimum atomic E-state index is -1.21. The largest absolute Gasteiger partial charge is 0.388 e. The molecule has 1 heterocycles. The van der Waals surface area contributed by atoms with Crippen molar-refractivity contribution in [3.8, 4) is 0 Å². The van der Waals surface area contributed by atoms with Crippen LogP contribution in [0.5, 0.6) is 0 Å². The highest BCUT2D eigenvalue weighted by Crippen LogP contribution is 2.21. The molecular formula is C10H20O5. The molecular weight excluding hydrogens is 200 g/mol. The summed E-state index contributed by atoms with van der Waals surface area (Å²) < 4.78 is 10.5. The van der Waals surface area contributed by atoms with E-state index in [1.54, 1.807) is 6.92 Å². The Bertz CT molecular complexity index is 187. The van der Waals surface area contributed by atoms with Crippen molar-refractivity contribution in [2.75, 3.05) is 6.61 Å². The van der Waals surface area contributed by atoms with Crippen LogP contribution in [-0.4, -0.2) is 52.6 Å². The summed E-state index contributed by atoms with van der Waals surface area (Å²) >= 11 is 0. The normalized spacial score (nSPS) is 41.8. The van der Waals surface area contributed by atoms with E-state index in [1.165, 1.54) is 0 Å². The van der Waals surface area contributed by atoms with E-state index in [2.05, 4.69) is 0 Å². The smallest absolute Gasteiger partial charge is 0.186 e. The molecule has 1 saturated heterocycles. The molecule has 0 saturated carbocycles. The van der Waals surface area contributed by atoms with E-state index in [1.807, 2.05) is 6.92 Å². The van der Waals surface area contributed by atoms with Gasteiger partial charge in [0, 0.05) is 6.61 Å². The molecule has 5 nitrogen and oxygen atoms in total. The number of hydrogen-bond acceptors (Lipinski definition) is 5. The average Bonchev–Trinajstić information content (AvgIpc) is 2.23. The number of unbranched alkanes of at least 4 members (excludes halogenated alkanes) is 1. The Balaban J connectivity index is 2.43. The number of ether oxygens (including phenoxy) is 2. The van der Waals surface area contributed by atoms with Gasteiger partial charge in [-0.05, 0) is 13.3 Å². The molecule has 0 aliphatic carbocycles. The third kappa shape index (κ3) is 3.12. The molecule has 0 bridgehead atoms. The summed E-state index contributed by atoms with van der Waals surface area (Å²) in [7, 11) is 0. The summed E-state index contributed by atoms with van der Waals surface area (Å²) in [5.41, 5.74) is 0. The lowest BCUT2D eigenvalue weighted by molar-refractivity contribution is -0.293. The Morgan fingerprint density at radius 3 is 2.40 bits per heavy atom. The number of aliphatic hydroxyl groups excluding tert-OH is 3. The van der Waals surface area contributed by atoms with Crippen LogP contribution in [0, 0.1) is 0 Å². The van der Waals surface area contributed by atoms with Gasteiger partial charge < -0.3 is 24.8 Å². The number of hydrogen-bond donors (Lipinski definition) is 3. The summed E-state index contributed by atoms with van der Waals surface area (Å²) in [6, 6.07) is 0. The van der Waals surface area contributed by atoms with Crippen LogP contribution in [-0.2, 0) is 9.47 Å². The topological polar surface area (TPSA) is 79.2 Å². The molecule has 5 heteroatoms. The molecule has 0 aromatic heterocycles. The van der Waals surface area contributed by atoms with Crippen molar-refractivity contribution in [2.24, 2.45) is 0 Å². The van der Waals surface area contributed by atoms with E-state index in [0.29, 0.717) is 6.61 Å². The van der Waals surface area contributed by atoms with E-state index in [9.17, 15) is 15.3 Å². The van der Waals surface area contributed by atoms with Gasteiger partial charge in [-0.25, -0.2) is 0 Å². The second-order valence-corrected chi connectivity index (χ2v) is 3.91. The van der Waals surface area contributed by atoms with Crippen molar-refractivity contribution in [1.29, 1.82) is 0 Å². The molecule has 0 aromatic carbocycles. The monoisotopic (exact) mass is 220 g/mol. The van der Waals surface area contributed by atoms with Crippen molar-refractivity contribution in [3.05, 3.63) is 0 Å². The minimum Gasteiger partial charge on any atom is -0.388 e. The van der Waals surface area contributed by atoms with Gasteiger partial charge in [-0.15, -0.1) is 0 Å². The summed E-state index contributed by atoms with van der Waals surface area (Å²) in [6.45, 7) is 4.15. The summed E-state index contributed by atoms with van der Waals surface area (Å²) in [5.74, 6) is 0. The third-order valence-corrected chi connectivity index (χ3v) is 2.59. The predicted octanol–water partition coefficient (Wildman–Crippen LogP) is -0.369. The molecule has 3 N–H and O–H groups in total. The summed E-state index contributed by atoms with van der Waals surface area (Å²) in [4.78, 5) is 0. The Kier molecular flexibility index (Phi) is 4.95. The molecule has 1 aliphatic rings. The molecule has 0 aromatic rings. The molecule has 0 unspecified atom stereocenters. The Hall–Kier alpha value is -0.200. The van der Waals surface area contributed by atoms with Crippen LogP contribution >= 0.6 is 0 Å². The zero-order chi connectivity index (χ0) is 11.4. The van der Waals surface area contributed by atoms with E-state index < -0.39 is 30.7 Å². The van der Waals surface area contributed by atoms with Crippen LogP contribution in [0.25, 0.3) is 0 Å². The SMILES string of the molecule is CCCCO[C@@H]1O[C@H](C)[C@H](O)[C@H](O)[C@H]1O. The fourth-order valence-electron chi connectivity index (χ4n) is 1.49. The first-order valence-corrected chi connectivity index (χ1v) is 5.39. The van der Waals surface area contributed by atoms with Crippen LogP contribution in [0.2, 0.25) is 0 Å². The standard InChI is InChI=1S/C10H20O5/c1-3-4-5-14-10-9(13)8(12)7(11)6(2)15-10/h6-13H,3-5H2,1-2H3/t6-,7+,8+,9-,10-/m1/s1. The lowest BCUT2D eigenvalue weighted by Gasteiger charge is -2.38.